The SMILES string of the molecule is CCC(C)CC(CC)NCC1CCCCO1. The molecule has 2 nitrogen and oxygen atoms in total. The third kappa shape index (κ3) is 5.31. The van der Waals surface area contributed by atoms with Gasteiger partial charge in [0.1, 0.15) is 0 Å². The van der Waals surface area contributed by atoms with Gasteiger partial charge in [-0.15, -0.1) is 0 Å². The zero-order chi connectivity index (χ0) is 11.8. The molecule has 0 bridgehead atoms. The predicted molar refractivity (Wildman–Crippen MR) is 69.7 cm³/mol. The van der Waals surface area contributed by atoms with Gasteiger partial charge in [-0.3, -0.25) is 0 Å². The molecule has 0 aromatic heterocycles. The summed E-state index contributed by atoms with van der Waals surface area (Å²) in [6.45, 7) is 8.92. The predicted octanol–water partition coefficient (Wildman–Crippen LogP) is 3.36. The van der Waals surface area contributed by atoms with Crippen LogP contribution in [-0.2, 0) is 4.74 Å². The molecule has 0 aromatic rings. The van der Waals surface area contributed by atoms with Crippen molar-refractivity contribution < 1.29 is 4.74 Å². The van der Waals surface area contributed by atoms with Crippen LogP contribution in [0.15, 0.2) is 0 Å². The second kappa shape index (κ2) is 8.08. The van der Waals surface area contributed by atoms with Crippen LogP contribution in [0.25, 0.3) is 0 Å². The number of hydrogen-bond donors (Lipinski definition) is 1. The van der Waals surface area contributed by atoms with Crippen molar-refractivity contribution in [2.45, 2.75) is 71.4 Å². The molecule has 1 saturated heterocycles. The Morgan fingerprint density at radius 2 is 2.06 bits per heavy atom. The van der Waals surface area contributed by atoms with Crippen LogP contribution in [0.3, 0.4) is 0 Å². The monoisotopic (exact) mass is 227 g/mol. The van der Waals surface area contributed by atoms with Gasteiger partial charge in [0, 0.05) is 19.2 Å². The molecule has 0 aromatic carbocycles. The first kappa shape index (κ1) is 14.0. The summed E-state index contributed by atoms with van der Waals surface area (Å²) in [5, 5.41) is 3.68. The van der Waals surface area contributed by atoms with Crippen molar-refractivity contribution in [3.05, 3.63) is 0 Å². The Morgan fingerprint density at radius 1 is 1.25 bits per heavy atom. The average Bonchev–Trinajstić information content (AvgIpc) is 2.35. The van der Waals surface area contributed by atoms with Crippen LogP contribution in [0.2, 0.25) is 0 Å². The lowest BCUT2D eigenvalue weighted by Crippen LogP contribution is -2.38. The fourth-order valence-electron chi connectivity index (χ4n) is 2.31. The molecule has 1 aliphatic rings. The number of ether oxygens (including phenoxy) is 1. The highest BCUT2D eigenvalue weighted by Gasteiger charge is 2.16. The minimum atomic E-state index is 0.472. The maximum absolute atomic E-state index is 5.74. The first-order valence-electron chi connectivity index (χ1n) is 7.11. The van der Waals surface area contributed by atoms with E-state index >= 15 is 0 Å². The van der Waals surface area contributed by atoms with Crippen molar-refractivity contribution >= 4 is 0 Å². The van der Waals surface area contributed by atoms with E-state index in [1.807, 2.05) is 0 Å². The Bertz CT molecular complexity index is 166. The minimum Gasteiger partial charge on any atom is -0.377 e. The van der Waals surface area contributed by atoms with Crippen LogP contribution in [0.4, 0.5) is 0 Å². The van der Waals surface area contributed by atoms with Crippen LogP contribution < -0.4 is 5.32 Å². The highest BCUT2D eigenvalue weighted by atomic mass is 16.5. The van der Waals surface area contributed by atoms with Crippen LogP contribution in [0, 0.1) is 5.92 Å². The van der Waals surface area contributed by atoms with Gasteiger partial charge in [-0.05, 0) is 38.0 Å². The molecule has 96 valence electrons. The molecule has 1 heterocycles. The number of hydrogen-bond acceptors (Lipinski definition) is 2. The fourth-order valence-corrected chi connectivity index (χ4v) is 2.31. The molecule has 0 spiro atoms. The van der Waals surface area contributed by atoms with Gasteiger partial charge in [-0.2, -0.15) is 0 Å². The van der Waals surface area contributed by atoms with E-state index in [2.05, 4.69) is 26.1 Å². The molecule has 0 saturated carbocycles. The fraction of sp³-hybridized carbons (Fsp3) is 1.00. The standard InChI is InChI=1S/C14H29NO/c1-4-12(3)10-13(5-2)15-11-14-8-6-7-9-16-14/h12-15H,4-11H2,1-3H3. The zero-order valence-corrected chi connectivity index (χ0v) is 11.3. The summed E-state index contributed by atoms with van der Waals surface area (Å²) >= 11 is 0. The minimum absolute atomic E-state index is 0.472. The molecule has 0 radical (unpaired) electrons. The molecule has 1 fully saturated rings. The van der Waals surface area contributed by atoms with Crippen molar-refractivity contribution in [2.75, 3.05) is 13.2 Å². The van der Waals surface area contributed by atoms with Crippen molar-refractivity contribution in [1.82, 2.24) is 5.32 Å². The highest BCUT2D eigenvalue weighted by Crippen LogP contribution is 2.14. The molecule has 16 heavy (non-hydrogen) atoms. The van der Waals surface area contributed by atoms with Crippen molar-refractivity contribution in [3.63, 3.8) is 0 Å². The van der Waals surface area contributed by atoms with Gasteiger partial charge < -0.3 is 10.1 Å². The summed E-state index contributed by atoms with van der Waals surface area (Å²) in [6, 6.07) is 0.681. The first-order chi connectivity index (χ1) is 7.76. The number of rotatable bonds is 7. The van der Waals surface area contributed by atoms with Crippen LogP contribution >= 0.6 is 0 Å². The third-order valence-corrected chi connectivity index (χ3v) is 3.78. The van der Waals surface area contributed by atoms with E-state index in [9.17, 15) is 0 Å². The van der Waals surface area contributed by atoms with Gasteiger partial charge in [-0.25, -0.2) is 0 Å². The Balaban J connectivity index is 2.16. The summed E-state index contributed by atoms with van der Waals surface area (Å²) in [5.74, 6) is 0.838. The van der Waals surface area contributed by atoms with E-state index in [0.717, 1.165) is 19.1 Å². The van der Waals surface area contributed by atoms with E-state index in [1.54, 1.807) is 0 Å². The Kier molecular flexibility index (Phi) is 7.06. The lowest BCUT2D eigenvalue weighted by molar-refractivity contribution is 0.0149. The largest absolute Gasteiger partial charge is 0.377 e. The van der Waals surface area contributed by atoms with Crippen molar-refractivity contribution in [1.29, 1.82) is 0 Å². The third-order valence-electron chi connectivity index (χ3n) is 3.78. The molecule has 3 atom stereocenters. The molecule has 0 amide bonds. The van der Waals surface area contributed by atoms with E-state index in [1.165, 1.54) is 38.5 Å². The molecular weight excluding hydrogens is 198 g/mol. The second-order valence-corrected chi connectivity index (χ2v) is 5.25. The Hall–Kier alpha value is -0.0800. The second-order valence-electron chi connectivity index (χ2n) is 5.25. The molecule has 1 rings (SSSR count). The Labute approximate surface area is 101 Å². The normalized spacial score (nSPS) is 25.3. The molecule has 0 aliphatic carbocycles. The van der Waals surface area contributed by atoms with Gasteiger partial charge in [0.25, 0.3) is 0 Å². The van der Waals surface area contributed by atoms with Gasteiger partial charge >= 0.3 is 0 Å². The van der Waals surface area contributed by atoms with Gasteiger partial charge in [0.15, 0.2) is 0 Å². The van der Waals surface area contributed by atoms with Crippen molar-refractivity contribution in [2.24, 2.45) is 5.92 Å². The van der Waals surface area contributed by atoms with E-state index in [-0.39, 0.29) is 0 Å². The average molecular weight is 227 g/mol. The summed E-state index contributed by atoms with van der Waals surface area (Å²) in [5.41, 5.74) is 0. The maximum Gasteiger partial charge on any atom is 0.0699 e. The molecule has 2 heteroatoms. The molecule has 1 N–H and O–H groups in total. The summed E-state index contributed by atoms with van der Waals surface area (Å²) in [6.07, 6.45) is 8.14. The zero-order valence-electron chi connectivity index (χ0n) is 11.3. The lowest BCUT2D eigenvalue weighted by atomic mass is 9.97. The van der Waals surface area contributed by atoms with Crippen LogP contribution in [0.1, 0.15) is 59.3 Å². The highest BCUT2D eigenvalue weighted by molar-refractivity contribution is 4.72. The molecular formula is C14H29NO. The summed E-state index contributed by atoms with van der Waals surface area (Å²) < 4.78 is 5.74. The van der Waals surface area contributed by atoms with Gasteiger partial charge in [0.2, 0.25) is 0 Å². The number of nitrogens with one attached hydrogen (secondary N) is 1. The van der Waals surface area contributed by atoms with Gasteiger partial charge in [-0.1, -0.05) is 27.2 Å². The summed E-state index contributed by atoms with van der Waals surface area (Å²) in [4.78, 5) is 0. The smallest absolute Gasteiger partial charge is 0.0699 e. The van der Waals surface area contributed by atoms with E-state index < -0.39 is 0 Å². The Morgan fingerprint density at radius 3 is 2.62 bits per heavy atom. The van der Waals surface area contributed by atoms with E-state index in [0.29, 0.717) is 12.1 Å². The van der Waals surface area contributed by atoms with Crippen LogP contribution in [0.5, 0.6) is 0 Å². The summed E-state index contributed by atoms with van der Waals surface area (Å²) in [7, 11) is 0. The maximum atomic E-state index is 5.74. The van der Waals surface area contributed by atoms with Crippen LogP contribution in [-0.4, -0.2) is 25.3 Å². The topological polar surface area (TPSA) is 21.3 Å². The van der Waals surface area contributed by atoms with Crippen molar-refractivity contribution in [3.8, 4) is 0 Å². The van der Waals surface area contributed by atoms with E-state index in [4.69, 9.17) is 4.74 Å². The molecule has 3 unspecified atom stereocenters. The molecule has 1 aliphatic heterocycles. The van der Waals surface area contributed by atoms with Gasteiger partial charge in [0.05, 0.1) is 6.10 Å². The lowest BCUT2D eigenvalue weighted by Gasteiger charge is -2.26. The quantitative estimate of drug-likeness (QED) is 0.720. The first-order valence-corrected chi connectivity index (χ1v) is 7.11.